The van der Waals surface area contributed by atoms with Crippen LogP contribution < -0.4 is 20.7 Å². The molecule has 0 radical (unpaired) electrons. The molecule has 4 aromatic rings. The van der Waals surface area contributed by atoms with E-state index in [1.54, 1.807) is 62.4 Å². The van der Waals surface area contributed by atoms with Gasteiger partial charge in [0.1, 0.15) is 22.6 Å². The molecule has 1 saturated carbocycles. The lowest BCUT2D eigenvalue weighted by Crippen LogP contribution is -2.56. The molecule has 1 aliphatic heterocycles. The van der Waals surface area contributed by atoms with Crippen molar-refractivity contribution in [1.29, 1.82) is 0 Å². The lowest BCUT2D eigenvalue weighted by atomic mass is 9.81. The number of alkyl carbamates (subject to hydrolysis) is 1. The number of benzene rings is 2. The van der Waals surface area contributed by atoms with Crippen molar-refractivity contribution in [2.24, 2.45) is 0 Å². The first-order valence-corrected chi connectivity index (χ1v) is 19.4. The summed E-state index contributed by atoms with van der Waals surface area (Å²) in [7, 11) is 2.49. The molecule has 0 bridgehead atoms. The highest BCUT2D eigenvalue weighted by Gasteiger charge is 2.42. The zero-order valence-electron chi connectivity index (χ0n) is 32.4. The molecule has 294 valence electrons. The largest absolute Gasteiger partial charge is 0.493 e. The van der Waals surface area contributed by atoms with Crippen LogP contribution in [0.1, 0.15) is 101 Å². The Hall–Kier alpha value is -5.76. The molecule has 0 atom stereocenters. The number of hydrogen-bond donors (Lipinski definition) is 3. The molecule has 1 aliphatic carbocycles. The van der Waals surface area contributed by atoms with Gasteiger partial charge >= 0.3 is 18.0 Å². The van der Waals surface area contributed by atoms with Gasteiger partial charge in [0.05, 0.1) is 20.8 Å². The fourth-order valence-electron chi connectivity index (χ4n) is 7.05. The molecule has 0 unspecified atom stereocenters. The van der Waals surface area contributed by atoms with E-state index in [1.807, 2.05) is 24.4 Å². The predicted molar refractivity (Wildman–Crippen MR) is 211 cm³/mol. The summed E-state index contributed by atoms with van der Waals surface area (Å²) in [6, 6.07) is 13.9. The number of hydrogen-bond acceptors (Lipinski definition) is 11. The third-order valence-electron chi connectivity index (χ3n) is 9.79. The minimum atomic E-state index is -1.21. The molecule has 2 aromatic carbocycles. The van der Waals surface area contributed by atoms with Gasteiger partial charge in [0.2, 0.25) is 0 Å². The summed E-state index contributed by atoms with van der Waals surface area (Å²) < 4.78 is 21.8. The second kappa shape index (κ2) is 16.5. The van der Waals surface area contributed by atoms with Crippen molar-refractivity contribution >= 4 is 46.9 Å². The highest BCUT2D eigenvalue weighted by Crippen LogP contribution is 2.43. The summed E-state index contributed by atoms with van der Waals surface area (Å²) in [5.41, 5.74) is 2.54. The molecular formula is C42H46N4O9S. The van der Waals surface area contributed by atoms with E-state index >= 15 is 0 Å². The molecule has 2 aliphatic rings. The lowest BCUT2D eigenvalue weighted by Gasteiger charge is -2.35. The number of nitrogens with one attached hydrogen (secondary N) is 3. The number of thiophene rings is 1. The molecule has 3 heterocycles. The zero-order valence-corrected chi connectivity index (χ0v) is 33.2. The van der Waals surface area contributed by atoms with Gasteiger partial charge in [-0.3, -0.25) is 9.59 Å². The fourth-order valence-corrected chi connectivity index (χ4v) is 8.03. The Morgan fingerprint density at radius 3 is 2.36 bits per heavy atom. The molecular weight excluding hydrogens is 737 g/mol. The summed E-state index contributed by atoms with van der Waals surface area (Å²) in [5.74, 6) is -1.97. The maximum atomic E-state index is 14.4. The number of amides is 3. The molecule has 6 rings (SSSR count). The Bertz CT molecular complexity index is 2180. The summed E-state index contributed by atoms with van der Waals surface area (Å²) >= 11 is 1.54. The number of aryl methyl sites for hydroxylation is 1. The van der Waals surface area contributed by atoms with E-state index in [4.69, 9.17) is 18.9 Å². The quantitative estimate of drug-likeness (QED) is 0.115. The maximum Gasteiger partial charge on any atom is 0.407 e. The number of carbonyl (C=O) groups excluding carboxylic acids is 5. The molecule has 14 heteroatoms. The number of methoxy groups -OCH3 is 2. The van der Waals surface area contributed by atoms with Crippen molar-refractivity contribution in [2.75, 3.05) is 26.1 Å². The van der Waals surface area contributed by atoms with Crippen LogP contribution in [0.3, 0.4) is 0 Å². The van der Waals surface area contributed by atoms with Crippen LogP contribution in [0, 0.1) is 6.92 Å². The van der Waals surface area contributed by atoms with Crippen LogP contribution in [0.25, 0.3) is 21.6 Å². The Kier molecular flexibility index (Phi) is 11.8. The van der Waals surface area contributed by atoms with E-state index in [9.17, 15) is 24.0 Å². The lowest BCUT2D eigenvalue weighted by molar-refractivity contribution is -0.149. The summed E-state index contributed by atoms with van der Waals surface area (Å²) in [4.78, 5) is 72.1. The molecule has 13 nitrogen and oxygen atoms in total. The number of esters is 2. The topological polar surface area (TPSA) is 171 Å². The van der Waals surface area contributed by atoms with E-state index in [-0.39, 0.29) is 29.1 Å². The first-order valence-electron chi connectivity index (χ1n) is 18.5. The molecule has 0 saturated heterocycles. The molecule has 3 amide bonds. The van der Waals surface area contributed by atoms with Gasteiger partial charge in [-0.25, -0.2) is 19.4 Å². The summed E-state index contributed by atoms with van der Waals surface area (Å²) in [6.45, 7) is 7.84. The van der Waals surface area contributed by atoms with Crippen LogP contribution in [0.5, 0.6) is 5.75 Å². The van der Waals surface area contributed by atoms with Crippen molar-refractivity contribution in [1.82, 2.24) is 15.6 Å². The van der Waals surface area contributed by atoms with Gasteiger partial charge in [-0.05, 0) is 99.0 Å². The number of fused-ring (bicyclic) bond motifs is 3. The molecule has 3 N–H and O–H groups in total. The average molecular weight is 783 g/mol. The van der Waals surface area contributed by atoms with E-state index in [2.05, 4.69) is 20.9 Å². The van der Waals surface area contributed by atoms with Crippen molar-refractivity contribution in [3.05, 3.63) is 87.6 Å². The number of ether oxygens (including phenoxy) is 4. The van der Waals surface area contributed by atoms with Crippen LogP contribution in [-0.4, -0.2) is 66.8 Å². The molecule has 1 fully saturated rings. The van der Waals surface area contributed by atoms with Crippen LogP contribution in [0.2, 0.25) is 0 Å². The average Bonchev–Trinajstić information content (AvgIpc) is 3.57. The number of rotatable bonds is 9. The van der Waals surface area contributed by atoms with Gasteiger partial charge in [-0.2, -0.15) is 0 Å². The first-order chi connectivity index (χ1) is 26.7. The SMILES string of the molecule is COC(=O)c1nc(C(=O)NC2(C(=O)OC)CCCCC2)ccc1-c1cc2c(cc1C(=O)Nc1ccc(CNC(=O)OC(C)(C)C)cc1C)-c1sccc1CCO2. The summed E-state index contributed by atoms with van der Waals surface area (Å²) in [6.07, 6.45) is 3.37. The number of aromatic nitrogens is 1. The Morgan fingerprint density at radius 2 is 1.66 bits per heavy atom. The van der Waals surface area contributed by atoms with Crippen LogP contribution in [0.15, 0.2) is 53.9 Å². The second-order valence-corrected chi connectivity index (χ2v) is 15.8. The highest BCUT2D eigenvalue weighted by molar-refractivity contribution is 7.13. The number of nitrogens with zero attached hydrogens (tertiary/aromatic N) is 1. The third-order valence-corrected chi connectivity index (χ3v) is 10.8. The Morgan fingerprint density at radius 1 is 0.893 bits per heavy atom. The van der Waals surface area contributed by atoms with Crippen LogP contribution >= 0.6 is 11.3 Å². The van der Waals surface area contributed by atoms with Crippen molar-refractivity contribution in [3.63, 3.8) is 0 Å². The third kappa shape index (κ3) is 8.70. The first kappa shape index (κ1) is 39.9. The van der Waals surface area contributed by atoms with Gasteiger partial charge in [0.15, 0.2) is 5.69 Å². The van der Waals surface area contributed by atoms with Gasteiger partial charge in [-0.15, -0.1) is 11.3 Å². The fraction of sp³-hybridized carbons (Fsp3) is 0.381. The van der Waals surface area contributed by atoms with E-state index in [1.165, 1.54) is 20.3 Å². The number of carbonyl (C=O) groups is 5. The van der Waals surface area contributed by atoms with Crippen LogP contribution in [-0.2, 0) is 32.0 Å². The van der Waals surface area contributed by atoms with Gasteiger partial charge in [0.25, 0.3) is 11.8 Å². The van der Waals surface area contributed by atoms with E-state index in [0.29, 0.717) is 42.9 Å². The predicted octanol–water partition coefficient (Wildman–Crippen LogP) is 7.39. The monoisotopic (exact) mass is 782 g/mol. The standard InChI is InChI=1S/C42H46N4O9S/c1-24-20-25(23-43-40(51)55-41(2,3)4)10-12-31(24)45-36(47)29-21-30-33(54-18-14-26-15-19-56-35(26)30)22-28(29)27-11-13-32(44-34(27)38(49)52-5)37(48)46-42(39(50)53-6)16-8-7-9-17-42/h10-13,15,19-22H,7-9,14,16-18,23H2,1-6H3,(H,43,51)(H,45,47)(H,46,48). The Labute approximate surface area is 329 Å². The Balaban J connectivity index is 1.38. The molecule has 56 heavy (non-hydrogen) atoms. The number of anilines is 1. The van der Waals surface area contributed by atoms with Crippen molar-refractivity contribution in [3.8, 4) is 27.3 Å². The molecule has 0 spiro atoms. The van der Waals surface area contributed by atoms with Crippen LogP contribution in [0.4, 0.5) is 10.5 Å². The minimum Gasteiger partial charge on any atom is -0.493 e. The van der Waals surface area contributed by atoms with Crippen molar-refractivity contribution < 1.29 is 42.9 Å². The van der Waals surface area contributed by atoms with Crippen molar-refractivity contribution in [2.45, 2.75) is 83.9 Å². The number of pyridine rings is 1. The van der Waals surface area contributed by atoms with Gasteiger partial charge < -0.3 is 34.9 Å². The van der Waals surface area contributed by atoms with E-state index < -0.39 is 41.0 Å². The maximum absolute atomic E-state index is 14.4. The zero-order chi connectivity index (χ0) is 40.2. The second-order valence-electron chi connectivity index (χ2n) is 14.9. The summed E-state index contributed by atoms with van der Waals surface area (Å²) in [5, 5.41) is 10.6. The highest BCUT2D eigenvalue weighted by atomic mass is 32.1. The minimum absolute atomic E-state index is 0.111. The normalized spacial score (nSPS) is 14.5. The smallest absolute Gasteiger partial charge is 0.407 e. The van der Waals surface area contributed by atoms with Gasteiger partial charge in [0, 0.05) is 45.8 Å². The molecule has 2 aromatic heterocycles. The van der Waals surface area contributed by atoms with E-state index in [0.717, 1.165) is 46.4 Å². The van der Waals surface area contributed by atoms with Gasteiger partial charge in [-0.1, -0.05) is 31.4 Å².